The number of aromatic nitrogens is 2. The predicted octanol–water partition coefficient (Wildman–Crippen LogP) is 3.97. The molecule has 0 saturated carbocycles. The maximum absolute atomic E-state index is 13.0. The summed E-state index contributed by atoms with van der Waals surface area (Å²) in [6.07, 6.45) is 2.38. The zero-order valence-electron chi connectivity index (χ0n) is 18.7. The molecule has 4 aromatic rings. The fourth-order valence-electron chi connectivity index (χ4n) is 4.15. The van der Waals surface area contributed by atoms with Crippen molar-refractivity contribution in [3.05, 3.63) is 65.8 Å². The van der Waals surface area contributed by atoms with Gasteiger partial charge in [0.2, 0.25) is 5.91 Å². The number of benzene rings is 2. The lowest BCUT2D eigenvalue weighted by atomic mass is 10.1. The Morgan fingerprint density at radius 3 is 2.48 bits per heavy atom. The molecule has 5 rings (SSSR count). The van der Waals surface area contributed by atoms with Gasteiger partial charge in [0, 0.05) is 60.8 Å². The maximum atomic E-state index is 13.0. The first-order valence-electron chi connectivity index (χ1n) is 10.9. The highest BCUT2D eigenvalue weighted by Gasteiger charge is 2.23. The molecule has 0 radical (unpaired) electrons. The highest BCUT2D eigenvalue weighted by molar-refractivity contribution is 7.15. The summed E-state index contributed by atoms with van der Waals surface area (Å²) in [6, 6.07) is 15.9. The molecule has 1 fully saturated rings. The van der Waals surface area contributed by atoms with Gasteiger partial charge in [-0.2, -0.15) is 0 Å². The monoisotopic (exact) mass is 462 g/mol. The van der Waals surface area contributed by atoms with Crippen LogP contribution in [0.3, 0.4) is 0 Å². The number of imidazole rings is 1. The van der Waals surface area contributed by atoms with Gasteiger partial charge in [0.25, 0.3) is 0 Å². The molecule has 7 nitrogen and oxygen atoms in total. The van der Waals surface area contributed by atoms with Crippen LogP contribution in [0.15, 0.2) is 60.1 Å². The number of methoxy groups -OCH3 is 2. The van der Waals surface area contributed by atoms with Crippen LogP contribution < -0.4 is 14.4 Å². The van der Waals surface area contributed by atoms with Crippen LogP contribution in [0.2, 0.25) is 0 Å². The number of hydrogen-bond donors (Lipinski definition) is 0. The molecule has 8 heteroatoms. The van der Waals surface area contributed by atoms with E-state index in [0.29, 0.717) is 19.5 Å². The van der Waals surface area contributed by atoms with Crippen molar-refractivity contribution in [2.45, 2.75) is 6.42 Å². The maximum Gasteiger partial charge on any atom is 0.228 e. The summed E-state index contributed by atoms with van der Waals surface area (Å²) >= 11 is 1.56. The Kier molecular flexibility index (Phi) is 5.92. The van der Waals surface area contributed by atoms with E-state index in [1.54, 1.807) is 25.6 Å². The third-order valence-electron chi connectivity index (χ3n) is 6.05. The Bertz CT molecular complexity index is 1260. The lowest BCUT2D eigenvalue weighted by molar-refractivity contribution is -0.130. The van der Waals surface area contributed by atoms with Crippen LogP contribution >= 0.6 is 11.3 Å². The molecule has 170 valence electrons. The first-order valence-corrected chi connectivity index (χ1v) is 11.8. The number of amides is 1. The van der Waals surface area contributed by atoms with Gasteiger partial charge in [0.05, 0.1) is 26.3 Å². The zero-order valence-corrected chi connectivity index (χ0v) is 19.5. The van der Waals surface area contributed by atoms with Gasteiger partial charge < -0.3 is 19.3 Å². The Morgan fingerprint density at radius 2 is 1.76 bits per heavy atom. The lowest BCUT2D eigenvalue weighted by Gasteiger charge is -2.36. The molecule has 0 atom stereocenters. The Balaban J connectivity index is 1.24. The van der Waals surface area contributed by atoms with E-state index in [4.69, 9.17) is 14.5 Å². The number of thiazole rings is 1. The van der Waals surface area contributed by atoms with Gasteiger partial charge in [-0.15, -0.1) is 11.3 Å². The Morgan fingerprint density at radius 1 is 1.00 bits per heavy atom. The minimum absolute atomic E-state index is 0.152. The van der Waals surface area contributed by atoms with E-state index in [9.17, 15) is 4.79 Å². The quantitative estimate of drug-likeness (QED) is 0.434. The van der Waals surface area contributed by atoms with E-state index >= 15 is 0 Å². The number of nitrogens with zero attached hydrogens (tertiary/aromatic N) is 4. The molecule has 1 aliphatic rings. The van der Waals surface area contributed by atoms with Crippen molar-refractivity contribution in [2.75, 3.05) is 45.3 Å². The van der Waals surface area contributed by atoms with Crippen molar-refractivity contribution in [1.82, 2.24) is 14.3 Å². The average molecular weight is 463 g/mol. The van der Waals surface area contributed by atoms with Crippen molar-refractivity contribution in [2.24, 2.45) is 0 Å². The van der Waals surface area contributed by atoms with Crippen LogP contribution in [0, 0.1) is 0 Å². The number of piperazine rings is 1. The number of anilines is 1. The van der Waals surface area contributed by atoms with Crippen molar-refractivity contribution in [3.8, 4) is 22.8 Å². The van der Waals surface area contributed by atoms with Crippen molar-refractivity contribution in [1.29, 1.82) is 0 Å². The smallest absolute Gasteiger partial charge is 0.228 e. The minimum atomic E-state index is 0.152. The molecule has 0 bridgehead atoms. The van der Waals surface area contributed by atoms with E-state index < -0.39 is 0 Å². The lowest BCUT2D eigenvalue weighted by Crippen LogP contribution is -2.49. The zero-order chi connectivity index (χ0) is 22.8. The molecular formula is C25H26N4O3S. The van der Waals surface area contributed by atoms with Gasteiger partial charge in [-0.05, 0) is 36.4 Å². The van der Waals surface area contributed by atoms with Gasteiger partial charge in [-0.1, -0.05) is 6.07 Å². The van der Waals surface area contributed by atoms with Gasteiger partial charge in [0.1, 0.15) is 11.5 Å². The second-order valence-corrected chi connectivity index (χ2v) is 8.82. The fourth-order valence-corrected chi connectivity index (χ4v) is 5.02. The molecule has 1 amide bonds. The summed E-state index contributed by atoms with van der Waals surface area (Å²) in [5, 5.41) is 2.03. The molecule has 3 heterocycles. The Hall–Kier alpha value is -3.52. The standard InChI is InChI=1S/C25H26N4O3S/c1-31-21-8-6-18(7-9-21)23-16-29-20(17-33-25(29)26-23)15-24(30)28-12-10-27(11-13-28)19-4-3-5-22(14-19)32-2/h3-9,14,16-17H,10-13,15H2,1-2H3. The van der Waals surface area contributed by atoms with Crippen molar-refractivity contribution in [3.63, 3.8) is 0 Å². The van der Waals surface area contributed by atoms with Crippen LogP contribution in [0.5, 0.6) is 11.5 Å². The van der Waals surface area contributed by atoms with E-state index in [-0.39, 0.29) is 5.91 Å². The highest BCUT2D eigenvalue weighted by atomic mass is 32.1. The topological polar surface area (TPSA) is 59.3 Å². The van der Waals surface area contributed by atoms with E-state index in [1.165, 1.54) is 0 Å². The number of carbonyl (C=O) groups excluding carboxylic acids is 1. The molecule has 0 spiro atoms. The molecule has 1 aliphatic heterocycles. The summed E-state index contributed by atoms with van der Waals surface area (Å²) in [5.41, 5.74) is 4.02. The molecule has 0 unspecified atom stereocenters. The van der Waals surface area contributed by atoms with Crippen molar-refractivity contribution < 1.29 is 14.3 Å². The first kappa shape index (κ1) is 21.3. The highest BCUT2D eigenvalue weighted by Crippen LogP contribution is 2.26. The number of carbonyl (C=O) groups is 1. The molecule has 0 aliphatic carbocycles. The Labute approximate surface area is 196 Å². The van der Waals surface area contributed by atoms with E-state index in [2.05, 4.69) is 11.0 Å². The average Bonchev–Trinajstić information content (AvgIpc) is 3.46. The first-order chi connectivity index (χ1) is 16.1. The minimum Gasteiger partial charge on any atom is -0.497 e. The number of ether oxygens (including phenoxy) is 2. The third-order valence-corrected chi connectivity index (χ3v) is 6.94. The summed E-state index contributed by atoms with van der Waals surface area (Å²) in [4.78, 5) is 22.9. The van der Waals surface area contributed by atoms with Crippen LogP contribution in [-0.2, 0) is 11.2 Å². The van der Waals surface area contributed by atoms with Crippen LogP contribution in [0.4, 0.5) is 5.69 Å². The van der Waals surface area contributed by atoms with Crippen LogP contribution in [-0.4, -0.2) is 60.6 Å². The number of fused-ring (bicyclic) bond motifs is 1. The van der Waals surface area contributed by atoms with Gasteiger partial charge in [-0.25, -0.2) is 4.98 Å². The normalized spacial score (nSPS) is 14.0. The van der Waals surface area contributed by atoms with Crippen molar-refractivity contribution >= 4 is 27.9 Å². The van der Waals surface area contributed by atoms with Gasteiger partial charge in [-0.3, -0.25) is 9.20 Å². The number of hydrogen-bond acceptors (Lipinski definition) is 6. The van der Waals surface area contributed by atoms with Gasteiger partial charge >= 0.3 is 0 Å². The summed E-state index contributed by atoms with van der Waals surface area (Å²) in [5.74, 6) is 1.82. The SMILES string of the molecule is COc1ccc(-c2cn3c(CC(=O)N4CCN(c5cccc(OC)c5)CC4)csc3n2)cc1. The van der Waals surface area contributed by atoms with Crippen LogP contribution in [0.25, 0.3) is 16.2 Å². The largest absolute Gasteiger partial charge is 0.497 e. The fraction of sp³-hybridized carbons (Fsp3) is 0.280. The van der Waals surface area contributed by atoms with E-state index in [1.807, 2.05) is 63.3 Å². The van der Waals surface area contributed by atoms with Crippen LogP contribution in [0.1, 0.15) is 5.69 Å². The summed E-state index contributed by atoms with van der Waals surface area (Å²) in [7, 11) is 3.33. The molecule has 0 N–H and O–H groups in total. The second-order valence-electron chi connectivity index (χ2n) is 7.98. The molecule has 33 heavy (non-hydrogen) atoms. The second kappa shape index (κ2) is 9.15. The molecule has 2 aromatic heterocycles. The number of rotatable bonds is 6. The molecular weight excluding hydrogens is 436 g/mol. The molecule has 2 aromatic carbocycles. The van der Waals surface area contributed by atoms with Gasteiger partial charge in [0.15, 0.2) is 4.96 Å². The molecule has 1 saturated heterocycles. The summed E-state index contributed by atoms with van der Waals surface area (Å²) < 4.78 is 12.6. The third kappa shape index (κ3) is 4.39. The summed E-state index contributed by atoms with van der Waals surface area (Å²) in [6.45, 7) is 3.05. The predicted molar refractivity (Wildman–Crippen MR) is 131 cm³/mol. The van der Waals surface area contributed by atoms with E-state index in [0.717, 1.165) is 52.2 Å².